The molecule has 2 nitrogen and oxygen atoms in total. The molecular weight excluding hydrogens is 227 g/mol. The molecule has 2 rings (SSSR count). The maximum atomic E-state index is 13.5. The average Bonchev–Trinajstić information content (AvgIpc) is 3.16. The Kier molecular flexibility index (Phi) is 4.72. The third-order valence-corrected chi connectivity index (χ3v) is 3.61. The zero-order chi connectivity index (χ0) is 13.0. The molecule has 3 heteroatoms. The highest BCUT2D eigenvalue weighted by atomic mass is 19.1. The highest BCUT2D eigenvalue weighted by Gasteiger charge is 2.25. The topological polar surface area (TPSA) is 15.3 Å². The molecule has 1 N–H and O–H groups in total. The summed E-state index contributed by atoms with van der Waals surface area (Å²) in [5.41, 5.74) is 0.799. The monoisotopic (exact) mass is 250 g/mol. The Balaban J connectivity index is 1.68. The van der Waals surface area contributed by atoms with Crippen LogP contribution in [0.1, 0.15) is 25.3 Å². The van der Waals surface area contributed by atoms with Crippen molar-refractivity contribution in [3.8, 4) is 0 Å². The van der Waals surface area contributed by atoms with Gasteiger partial charge in [-0.1, -0.05) is 18.2 Å². The Hall–Kier alpha value is -0.930. The predicted octanol–water partition coefficient (Wildman–Crippen LogP) is 2.44. The number of nitrogens with one attached hydrogen (secondary N) is 1. The molecule has 1 aliphatic rings. The van der Waals surface area contributed by atoms with Gasteiger partial charge in [0.05, 0.1) is 0 Å². The standard InChI is InChI=1S/C15H23FN2/c1-12(11-13-5-3-4-6-15(13)16)17-9-10-18(2)14-7-8-14/h3-6,12,14,17H,7-11H2,1-2H3. The molecule has 18 heavy (non-hydrogen) atoms. The molecule has 0 spiro atoms. The third kappa shape index (κ3) is 4.07. The van der Waals surface area contributed by atoms with Gasteiger partial charge in [-0.15, -0.1) is 0 Å². The molecule has 0 amide bonds. The maximum absolute atomic E-state index is 13.5. The molecule has 0 radical (unpaired) electrons. The van der Waals surface area contributed by atoms with Gasteiger partial charge in [-0.3, -0.25) is 0 Å². The van der Waals surface area contributed by atoms with Crippen LogP contribution in [0.4, 0.5) is 4.39 Å². The first-order valence-electron chi connectivity index (χ1n) is 6.84. The lowest BCUT2D eigenvalue weighted by atomic mass is 10.1. The predicted molar refractivity (Wildman–Crippen MR) is 73.2 cm³/mol. The van der Waals surface area contributed by atoms with E-state index >= 15 is 0 Å². The summed E-state index contributed by atoms with van der Waals surface area (Å²) in [7, 11) is 2.18. The molecule has 1 fully saturated rings. The molecule has 1 saturated carbocycles. The van der Waals surface area contributed by atoms with Gasteiger partial charge in [0, 0.05) is 25.2 Å². The second-order valence-electron chi connectivity index (χ2n) is 5.36. The molecule has 1 atom stereocenters. The summed E-state index contributed by atoms with van der Waals surface area (Å²) in [6.45, 7) is 4.17. The second-order valence-corrected chi connectivity index (χ2v) is 5.36. The minimum absolute atomic E-state index is 0.0961. The van der Waals surface area contributed by atoms with Crippen molar-refractivity contribution >= 4 is 0 Å². The van der Waals surface area contributed by atoms with E-state index < -0.39 is 0 Å². The van der Waals surface area contributed by atoms with E-state index in [2.05, 4.69) is 24.2 Å². The van der Waals surface area contributed by atoms with Gasteiger partial charge in [-0.05, 0) is 44.9 Å². The summed E-state index contributed by atoms with van der Waals surface area (Å²) in [4.78, 5) is 2.41. The van der Waals surface area contributed by atoms with Crippen molar-refractivity contribution in [1.29, 1.82) is 0 Å². The Morgan fingerprint density at radius 3 is 2.78 bits per heavy atom. The van der Waals surface area contributed by atoms with Crippen molar-refractivity contribution in [3.05, 3.63) is 35.6 Å². The van der Waals surface area contributed by atoms with Crippen LogP contribution < -0.4 is 5.32 Å². The van der Waals surface area contributed by atoms with Crippen LogP contribution in [0.2, 0.25) is 0 Å². The fourth-order valence-corrected chi connectivity index (χ4v) is 2.25. The first-order chi connectivity index (χ1) is 8.66. The van der Waals surface area contributed by atoms with Crippen molar-refractivity contribution in [2.45, 2.75) is 38.3 Å². The van der Waals surface area contributed by atoms with E-state index in [1.807, 2.05) is 12.1 Å². The average molecular weight is 250 g/mol. The summed E-state index contributed by atoms with van der Waals surface area (Å²) in [6.07, 6.45) is 3.45. The highest BCUT2D eigenvalue weighted by molar-refractivity contribution is 5.18. The van der Waals surface area contributed by atoms with Gasteiger partial charge in [0.2, 0.25) is 0 Å². The van der Waals surface area contributed by atoms with Crippen LogP contribution >= 0.6 is 0 Å². The summed E-state index contributed by atoms with van der Waals surface area (Å²) < 4.78 is 13.5. The van der Waals surface area contributed by atoms with Crippen LogP contribution in [0, 0.1) is 5.82 Å². The van der Waals surface area contributed by atoms with Crippen LogP contribution in [0.25, 0.3) is 0 Å². The highest BCUT2D eigenvalue weighted by Crippen LogP contribution is 2.24. The van der Waals surface area contributed by atoms with Gasteiger partial charge < -0.3 is 10.2 Å². The SMILES string of the molecule is CC(Cc1ccccc1F)NCCN(C)C1CC1. The molecule has 0 heterocycles. The number of benzene rings is 1. The molecule has 1 aromatic carbocycles. The van der Waals surface area contributed by atoms with Crippen LogP contribution in [-0.4, -0.2) is 37.1 Å². The Labute approximate surface area is 109 Å². The van der Waals surface area contributed by atoms with Crippen LogP contribution in [-0.2, 0) is 6.42 Å². The van der Waals surface area contributed by atoms with Gasteiger partial charge in [0.25, 0.3) is 0 Å². The molecule has 100 valence electrons. The van der Waals surface area contributed by atoms with Crippen molar-refractivity contribution < 1.29 is 4.39 Å². The molecule has 1 aromatic rings. The van der Waals surface area contributed by atoms with Gasteiger partial charge >= 0.3 is 0 Å². The summed E-state index contributed by atoms with van der Waals surface area (Å²) in [5.74, 6) is -0.0961. The van der Waals surface area contributed by atoms with Gasteiger partial charge in [0.15, 0.2) is 0 Å². The molecule has 1 unspecified atom stereocenters. The van der Waals surface area contributed by atoms with Crippen molar-refractivity contribution in [1.82, 2.24) is 10.2 Å². The van der Waals surface area contributed by atoms with E-state index in [1.165, 1.54) is 18.9 Å². The van der Waals surface area contributed by atoms with E-state index in [-0.39, 0.29) is 5.82 Å². The number of hydrogen-bond acceptors (Lipinski definition) is 2. The number of halogens is 1. The maximum Gasteiger partial charge on any atom is 0.126 e. The number of likely N-dealkylation sites (N-methyl/N-ethyl adjacent to an activating group) is 1. The van der Waals surface area contributed by atoms with E-state index in [9.17, 15) is 4.39 Å². The molecule has 0 aliphatic heterocycles. The van der Waals surface area contributed by atoms with Gasteiger partial charge in [-0.25, -0.2) is 4.39 Å². The van der Waals surface area contributed by atoms with Crippen LogP contribution in [0.15, 0.2) is 24.3 Å². The summed E-state index contributed by atoms with van der Waals surface area (Å²) >= 11 is 0. The Bertz CT molecular complexity index is 377. The lowest BCUT2D eigenvalue weighted by molar-refractivity contribution is 0.315. The minimum atomic E-state index is -0.0961. The normalized spacial score (nSPS) is 17.1. The second kappa shape index (κ2) is 6.30. The largest absolute Gasteiger partial charge is 0.313 e. The minimum Gasteiger partial charge on any atom is -0.313 e. The van der Waals surface area contributed by atoms with Crippen molar-refractivity contribution in [2.24, 2.45) is 0 Å². The van der Waals surface area contributed by atoms with Crippen molar-refractivity contribution in [3.63, 3.8) is 0 Å². The first-order valence-corrected chi connectivity index (χ1v) is 6.84. The molecule has 0 saturated heterocycles. The zero-order valence-electron chi connectivity index (χ0n) is 11.3. The van der Waals surface area contributed by atoms with E-state index in [4.69, 9.17) is 0 Å². The zero-order valence-corrected chi connectivity index (χ0v) is 11.3. The molecule has 1 aliphatic carbocycles. The van der Waals surface area contributed by atoms with Crippen LogP contribution in [0.5, 0.6) is 0 Å². The van der Waals surface area contributed by atoms with Gasteiger partial charge in [0.1, 0.15) is 5.82 Å². The summed E-state index contributed by atoms with van der Waals surface area (Å²) in [5, 5.41) is 3.46. The number of hydrogen-bond donors (Lipinski definition) is 1. The Morgan fingerprint density at radius 1 is 1.39 bits per heavy atom. The quantitative estimate of drug-likeness (QED) is 0.799. The van der Waals surface area contributed by atoms with Gasteiger partial charge in [-0.2, -0.15) is 0 Å². The Morgan fingerprint density at radius 2 is 2.11 bits per heavy atom. The molecular formula is C15H23FN2. The third-order valence-electron chi connectivity index (χ3n) is 3.61. The fraction of sp³-hybridized carbons (Fsp3) is 0.600. The smallest absolute Gasteiger partial charge is 0.126 e. The lowest BCUT2D eigenvalue weighted by Gasteiger charge is -2.19. The van der Waals surface area contributed by atoms with Crippen LogP contribution in [0.3, 0.4) is 0 Å². The fourth-order valence-electron chi connectivity index (χ4n) is 2.25. The molecule has 0 bridgehead atoms. The first kappa shape index (κ1) is 13.5. The van der Waals surface area contributed by atoms with Crippen molar-refractivity contribution in [2.75, 3.05) is 20.1 Å². The molecule has 0 aromatic heterocycles. The lowest BCUT2D eigenvalue weighted by Crippen LogP contribution is -2.36. The number of rotatable bonds is 7. The summed E-state index contributed by atoms with van der Waals surface area (Å²) in [6, 6.07) is 8.16. The number of nitrogens with zero attached hydrogens (tertiary/aromatic N) is 1. The van der Waals surface area contributed by atoms with E-state index in [1.54, 1.807) is 6.07 Å². The van der Waals surface area contributed by atoms with E-state index in [0.29, 0.717) is 6.04 Å². The van der Waals surface area contributed by atoms with E-state index in [0.717, 1.165) is 31.1 Å².